The van der Waals surface area contributed by atoms with Crippen molar-refractivity contribution in [2.45, 2.75) is 97.7 Å². The first-order valence-electron chi connectivity index (χ1n) is 9.29. The first-order valence-corrected chi connectivity index (χ1v) is 9.29. The van der Waals surface area contributed by atoms with Crippen LogP contribution in [0.4, 0.5) is 0 Å². The summed E-state index contributed by atoms with van der Waals surface area (Å²) in [6.45, 7) is 10.6. The zero-order valence-electron chi connectivity index (χ0n) is 15.5. The molecular weight excluding hydrogens is 290 g/mol. The summed E-state index contributed by atoms with van der Waals surface area (Å²) in [7, 11) is 0. The van der Waals surface area contributed by atoms with Gasteiger partial charge < -0.3 is 9.57 Å². The van der Waals surface area contributed by atoms with Crippen molar-refractivity contribution in [2.75, 3.05) is 0 Å². The Bertz CT molecular complexity index is 452. The van der Waals surface area contributed by atoms with Gasteiger partial charge in [0.25, 0.3) is 0 Å². The molecule has 0 radical (unpaired) electrons. The van der Waals surface area contributed by atoms with Crippen LogP contribution in [0.5, 0.6) is 0 Å². The first kappa shape index (κ1) is 18.3. The second-order valence-electron chi connectivity index (χ2n) is 8.22. The van der Waals surface area contributed by atoms with Crippen LogP contribution in [-0.2, 0) is 14.4 Å². The van der Waals surface area contributed by atoms with E-state index in [2.05, 4.69) is 32.9 Å². The number of carbonyl (C=O) groups excluding carboxylic acids is 1. The quantitative estimate of drug-likeness (QED) is 0.496. The van der Waals surface area contributed by atoms with Crippen LogP contribution in [-0.4, -0.2) is 23.4 Å². The Balaban J connectivity index is 1.94. The monoisotopic (exact) mass is 323 g/mol. The van der Waals surface area contributed by atoms with E-state index in [0.29, 0.717) is 0 Å². The summed E-state index contributed by atoms with van der Waals surface area (Å²) in [5.41, 5.74) is 0.103. The first-order chi connectivity index (χ1) is 10.8. The minimum Gasteiger partial charge on any atom is -0.460 e. The van der Waals surface area contributed by atoms with Gasteiger partial charge in [0.05, 0.1) is 17.7 Å². The molecule has 0 aromatic heterocycles. The summed E-state index contributed by atoms with van der Waals surface area (Å²) in [4.78, 5) is 18.5. The summed E-state index contributed by atoms with van der Waals surface area (Å²) >= 11 is 0. The van der Waals surface area contributed by atoms with E-state index in [4.69, 9.17) is 9.57 Å². The van der Waals surface area contributed by atoms with E-state index in [1.165, 1.54) is 19.3 Å². The van der Waals surface area contributed by atoms with Gasteiger partial charge in [-0.3, -0.25) is 0 Å². The van der Waals surface area contributed by atoms with Crippen molar-refractivity contribution in [1.29, 1.82) is 0 Å². The number of hydrogen-bond donors (Lipinski definition) is 0. The Morgan fingerprint density at radius 1 is 1.39 bits per heavy atom. The van der Waals surface area contributed by atoms with E-state index in [9.17, 15) is 4.79 Å². The maximum atomic E-state index is 12.8. The van der Waals surface area contributed by atoms with Gasteiger partial charge in [0.2, 0.25) is 5.60 Å². The molecule has 0 spiro atoms. The number of carbonyl (C=O) groups is 1. The molecule has 23 heavy (non-hydrogen) atoms. The molecule has 1 heterocycles. The fraction of sp³-hybridized carbons (Fsp3) is 0.895. The molecule has 3 unspecified atom stereocenters. The number of esters is 1. The van der Waals surface area contributed by atoms with Crippen molar-refractivity contribution in [1.82, 2.24) is 0 Å². The topological polar surface area (TPSA) is 47.9 Å². The Labute approximate surface area is 141 Å². The van der Waals surface area contributed by atoms with Crippen molar-refractivity contribution in [3.8, 4) is 0 Å². The lowest BCUT2D eigenvalue weighted by Gasteiger charge is -2.29. The molecule has 0 aromatic rings. The molecule has 1 aliphatic carbocycles. The number of ether oxygens (including phenoxy) is 1. The summed E-state index contributed by atoms with van der Waals surface area (Å²) in [6.07, 6.45) is 8.37. The largest absolute Gasteiger partial charge is 0.460 e. The van der Waals surface area contributed by atoms with Gasteiger partial charge in [-0.25, -0.2) is 4.79 Å². The van der Waals surface area contributed by atoms with E-state index in [0.717, 1.165) is 37.8 Å². The zero-order chi connectivity index (χ0) is 17.1. The highest BCUT2D eigenvalue weighted by molar-refractivity contribution is 5.99. The standard InChI is InChI=1S/C19H33NO3/c1-6-7-8-9-11-14(2)22-17(21)19-13-10-12-15(19)16(20-23-19)18(3,4)5/h14-15H,6-13H2,1-5H3. The van der Waals surface area contributed by atoms with E-state index in [1.807, 2.05) is 6.92 Å². The average molecular weight is 323 g/mol. The molecule has 2 aliphatic rings. The number of hydrogen-bond acceptors (Lipinski definition) is 4. The maximum absolute atomic E-state index is 12.8. The van der Waals surface area contributed by atoms with Gasteiger partial charge in [0.1, 0.15) is 0 Å². The van der Waals surface area contributed by atoms with E-state index in [-0.39, 0.29) is 23.4 Å². The van der Waals surface area contributed by atoms with Gasteiger partial charge in [-0.05, 0) is 32.6 Å². The molecule has 0 saturated heterocycles. The van der Waals surface area contributed by atoms with Gasteiger partial charge in [-0.2, -0.15) is 0 Å². The summed E-state index contributed by atoms with van der Waals surface area (Å²) < 4.78 is 5.74. The zero-order valence-corrected chi connectivity index (χ0v) is 15.5. The van der Waals surface area contributed by atoms with Gasteiger partial charge in [-0.15, -0.1) is 0 Å². The molecule has 132 valence electrons. The second kappa shape index (κ2) is 7.23. The fourth-order valence-corrected chi connectivity index (χ4v) is 3.78. The highest BCUT2D eigenvalue weighted by Crippen LogP contribution is 2.48. The highest BCUT2D eigenvalue weighted by atomic mass is 16.7. The van der Waals surface area contributed by atoms with Crippen molar-refractivity contribution >= 4 is 11.7 Å². The third kappa shape index (κ3) is 3.89. The Morgan fingerprint density at radius 3 is 2.78 bits per heavy atom. The summed E-state index contributed by atoms with van der Waals surface area (Å²) in [5, 5.41) is 4.29. The lowest BCUT2D eigenvalue weighted by atomic mass is 9.76. The Morgan fingerprint density at radius 2 is 2.13 bits per heavy atom. The van der Waals surface area contributed by atoms with E-state index >= 15 is 0 Å². The molecule has 0 aromatic carbocycles. The lowest BCUT2D eigenvalue weighted by Crippen LogP contribution is -2.46. The molecule has 2 rings (SSSR count). The van der Waals surface area contributed by atoms with Crippen LogP contribution in [0.2, 0.25) is 0 Å². The van der Waals surface area contributed by atoms with Crippen molar-refractivity contribution in [3.63, 3.8) is 0 Å². The predicted molar refractivity (Wildman–Crippen MR) is 92.4 cm³/mol. The second-order valence-corrected chi connectivity index (χ2v) is 8.22. The average Bonchev–Trinajstić information content (AvgIpc) is 3.01. The molecule has 1 fully saturated rings. The van der Waals surface area contributed by atoms with Gasteiger partial charge in [-0.1, -0.05) is 52.1 Å². The Hall–Kier alpha value is -1.06. The van der Waals surface area contributed by atoms with E-state index < -0.39 is 5.60 Å². The number of fused-ring (bicyclic) bond motifs is 1. The number of oxime groups is 1. The van der Waals surface area contributed by atoms with Crippen molar-refractivity contribution in [3.05, 3.63) is 0 Å². The fourth-order valence-electron chi connectivity index (χ4n) is 3.78. The van der Waals surface area contributed by atoms with Crippen LogP contribution >= 0.6 is 0 Å². The molecule has 4 heteroatoms. The van der Waals surface area contributed by atoms with Crippen LogP contribution in [0.1, 0.15) is 86.0 Å². The van der Waals surface area contributed by atoms with Gasteiger partial charge in [0, 0.05) is 11.8 Å². The molecule has 1 aliphatic heterocycles. The normalized spacial score (nSPS) is 28.0. The van der Waals surface area contributed by atoms with Gasteiger partial charge >= 0.3 is 5.97 Å². The summed E-state index contributed by atoms with van der Waals surface area (Å²) in [6, 6.07) is 0. The molecule has 4 nitrogen and oxygen atoms in total. The Kier molecular flexibility index (Phi) is 5.74. The third-order valence-electron chi connectivity index (χ3n) is 5.13. The third-order valence-corrected chi connectivity index (χ3v) is 5.13. The van der Waals surface area contributed by atoms with Crippen molar-refractivity contribution in [2.24, 2.45) is 16.5 Å². The molecular formula is C19H33NO3. The smallest absolute Gasteiger partial charge is 0.354 e. The predicted octanol–water partition coefficient (Wildman–Crippen LogP) is 4.86. The molecule has 0 amide bonds. The lowest BCUT2D eigenvalue weighted by molar-refractivity contribution is -0.177. The number of unbranched alkanes of at least 4 members (excludes halogenated alkanes) is 3. The SMILES string of the molecule is CCCCCCC(C)OC(=O)C12CCCC1C(C(C)(C)C)=NO2. The molecule has 0 N–H and O–H groups in total. The molecule has 3 atom stereocenters. The molecule has 1 saturated carbocycles. The van der Waals surface area contributed by atoms with Crippen LogP contribution in [0, 0.1) is 11.3 Å². The number of rotatable bonds is 7. The minimum atomic E-state index is -0.847. The van der Waals surface area contributed by atoms with Crippen LogP contribution < -0.4 is 0 Å². The molecule has 0 bridgehead atoms. The maximum Gasteiger partial charge on any atom is 0.354 e. The van der Waals surface area contributed by atoms with E-state index in [1.54, 1.807) is 0 Å². The van der Waals surface area contributed by atoms with Crippen LogP contribution in [0.15, 0.2) is 5.16 Å². The van der Waals surface area contributed by atoms with Gasteiger partial charge in [0.15, 0.2) is 0 Å². The minimum absolute atomic E-state index is 0.0442. The van der Waals surface area contributed by atoms with Crippen LogP contribution in [0.25, 0.3) is 0 Å². The number of nitrogens with zero attached hydrogens (tertiary/aromatic N) is 1. The summed E-state index contributed by atoms with van der Waals surface area (Å²) in [5.74, 6) is -0.117. The highest BCUT2D eigenvalue weighted by Gasteiger charge is 2.60. The van der Waals surface area contributed by atoms with Crippen LogP contribution in [0.3, 0.4) is 0 Å². The van der Waals surface area contributed by atoms with Crippen molar-refractivity contribution < 1.29 is 14.4 Å².